The van der Waals surface area contributed by atoms with Crippen molar-refractivity contribution in [2.24, 2.45) is 11.8 Å². The molecule has 11 heavy (non-hydrogen) atoms. The summed E-state index contributed by atoms with van der Waals surface area (Å²) in [5.74, 6) is 1.32. The molecular formula is C9H15BO. The molecule has 2 fully saturated rings. The van der Waals surface area contributed by atoms with Crippen molar-refractivity contribution in [3.63, 3.8) is 0 Å². The zero-order valence-corrected chi connectivity index (χ0v) is 7.34. The van der Waals surface area contributed by atoms with Crippen molar-refractivity contribution in [2.45, 2.75) is 44.7 Å². The number of hydrogen-bond donors (Lipinski definition) is 0. The van der Waals surface area contributed by atoms with Gasteiger partial charge in [0, 0.05) is 6.00 Å². The molecule has 1 saturated carbocycles. The third kappa shape index (κ3) is 0.822. The molecule has 0 spiro atoms. The second-order valence-electron chi connectivity index (χ2n) is 3.99. The van der Waals surface area contributed by atoms with Crippen molar-refractivity contribution in [3.05, 3.63) is 0 Å². The highest BCUT2D eigenvalue weighted by molar-refractivity contribution is 6.11. The molecule has 1 aliphatic heterocycles. The van der Waals surface area contributed by atoms with Crippen LogP contribution in [-0.4, -0.2) is 19.5 Å². The Morgan fingerprint density at radius 2 is 2.36 bits per heavy atom. The molecule has 4 atom stereocenters. The summed E-state index contributed by atoms with van der Waals surface area (Å²) < 4.78 is 5.79. The molecule has 1 heterocycles. The first-order chi connectivity index (χ1) is 5.19. The highest BCUT2D eigenvalue weighted by Crippen LogP contribution is 2.53. The highest BCUT2D eigenvalue weighted by Gasteiger charge is 2.54. The minimum Gasteiger partial charge on any atom is -0.381 e. The van der Waals surface area contributed by atoms with Crippen molar-refractivity contribution < 1.29 is 4.74 Å². The minimum atomic E-state index is 0.0266. The largest absolute Gasteiger partial charge is 0.381 e. The Kier molecular flexibility index (Phi) is 1.57. The molecule has 1 nitrogen and oxygen atoms in total. The Morgan fingerprint density at radius 1 is 1.64 bits per heavy atom. The topological polar surface area (TPSA) is 9.23 Å². The van der Waals surface area contributed by atoms with Gasteiger partial charge in [-0.2, -0.15) is 0 Å². The molecule has 2 aliphatic rings. The van der Waals surface area contributed by atoms with Gasteiger partial charge < -0.3 is 4.74 Å². The lowest BCUT2D eigenvalue weighted by Gasteiger charge is -2.30. The zero-order chi connectivity index (χ0) is 8.06. The van der Waals surface area contributed by atoms with Crippen LogP contribution in [0, 0.1) is 11.8 Å². The van der Waals surface area contributed by atoms with E-state index in [0.717, 1.165) is 6.42 Å². The van der Waals surface area contributed by atoms with Crippen LogP contribution >= 0.6 is 0 Å². The van der Waals surface area contributed by atoms with Crippen LogP contribution in [0.5, 0.6) is 0 Å². The lowest BCUT2D eigenvalue weighted by atomic mass is 9.81. The molecule has 0 N–H and O–H groups in total. The first-order valence-electron chi connectivity index (χ1n) is 4.63. The fraction of sp³-hybridized carbons (Fsp3) is 1.00. The first-order valence-corrected chi connectivity index (χ1v) is 4.63. The van der Waals surface area contributed by atoms with E-state index >= 15 is 0 Å². The monoisotopic (exact) mass is 150 g/mol. The Labute approximate surface area is 69.9 Å². The van der Waals surface area contributed by atoms with E-state index in [1.807, 2.05) is 0 Å². The van der Waals surface area contributed by atoms with Crippen molar-refractivity contribution in [3.8, 4) is 0 Å². The van der Waals surface area contributed by atoms with Gasteiger partial charge in [-0.25, -0.2) is 0 Å². The predicted molar refractivity (Wildman–Crippen MR) is 45.5 cm³/mol. The van der Waals surface area contributed by atoms with E-state index in [4.69, 9.17) is 12.6 Å². The van der Waals surface area contributed by atoms with Crippen LogP contribution in [0.4, 0.5) is 0 Å². The molecular weight excluding hydrogens is 135 g/mol. The van der Waals surface area contributed by atoms with Crippen molar-refractivity contribution in [1.82, 2.24) is 0 Å². The van der Waals surface area contributed by atoms with Crippen LogP contribution in [0.2, 0.25) is 0 Å². The second-order valence-corrected chi connectivity index (χ2v) is 3.99. The maximum Gasteiger partial charge on any atom is 0.109 e. The standard InChI is InChI=1S/C9H15BO/c1-3-9-5-4-7(6(9)2)8(10)11-9/h6-8H,3-5H2,1-2H3/t6-,7?,8-,9?/m1/s1. The summed E-state index contributed by atoms with van der Waals surface area (Å²) in [4.78, 5) is 0. The molecule has 0 aromatic rings. The molecule has 2 radical (unpaired) electrons. The Hall–Kier alpha value is 0.0249. The van der Waals surface area contributed by atoms with Gasteiger partial charge in [0.2, 0.25) is 0 Å². The number of rotatable bonds is 1. The Balaban J connectivity index is 2.24. The molecule has 0 aromatic heterocycles. The van der Waals surface area contributed by atoms with Crippen LogP contribution < -0.4 is 0 Å². The molecule has 0 amide bonds. The average molecular weight is 150 g/mol. The second kappa shape index (κ2) is 2.26. The maximum absolute atomic E-state index is 5.85. The van der Waals surface area contributed by atoms with E-state index in [1.165, 1.54) is 12.8 Å². The molecule has 0 aromatic carbocycles. The van der Waals surface area contributed by atoms with Gasteiger partial charge >= 0.3 is 0 Å². The first kappa shape index (κ1) is 7.66. The average Bonchev–Trinajstić information content (AvgIpc) is 2.42. The van der Waals surface area contributed by atoms with Gasteiger partial charge in [-0.3, -0.25) is 0 Å². The molecule has 2 rings (SSSR count). The van der Waals surface area contributed by atoms with E-state index in [-0.39, 0.29) is 11.6 Å². The van der Waals surface area contributed by atoms with Crippen molar-refractivity contribution >= 4 is 7.85 Å². The highest BCUT2D eigenvalue weighted by atomic mass is 16.5. The van der Waals surface area contributed by atoms with E-state index in [0.29, 0.717) is 11.8 Å². The van der Waals surface area contributed by atoms with Crippen molar-refractivity contribution in [2.75, 3.05) is 0 Å². The van der Waals surface area contributed by atoms with E-state index in [2.05, 4.69) is 13.8 Å². The Bertz CT molecular complexity index is 171. The van der Waals surface area contributed by atoms with Crippen LogP contribution in [0.1, 0.15) is 33.1 Å². The third-order valence-corrected chi connectivity index (χ3v) is 3.76. The summed E-state index contributed by atoms with van der Waals surface area (Å²) in [5, 5.41) is 0. The van der Waals surface area contributed by atoms with Gasteiger partial charge in [0.25, 0.3) is 0 Å². The maximum atomic E-state index is 5.85. The molecule has 2 bridgehead atoms. The summed E-state index contributed by atoms with van der Waals surface area (Å²) in [6, 6.07) is 0.0266. The molecule has 60 valence electrons. The van der Waals surface area contributed by atoms with Crippen molar-refractivity contribution in [1.29, 1.82) is 0 Å². The van der Waals surface area contributed by atoms with Crippen LogP contribution in [0.3, 0.4) is 0 Å². The lowest BCUT2D eigenvalue weighted by molar-refractivity contribution is -0.0489. The van der Waals surface area contributed by atoms with Crippen LogP contribution in [0.15, 0.2) is 0 Å². The molecule has 2 heteroatoms. The van der Waals surface area contributed by atoms with Gasteiger partial charge in [-0.15, -0.1) is 0 Å². The van der Waals surface area contributed by atoms with Gasteiger partial charge in [0.1, 0.15) is 7.85 Å². The lowest BCUT2D eigenvalue weighted by Crippen LogP contribution is -2.32. The summed E-state index contributed by atoms with van der Waals surface area (Å²) in [5.41, 5.74) is 0.157. The summed E-state index contributed by atoms with van der Waals surface area (Å²) >= 11 is 0. The predicted octanol–water partition coefficient (Wildman–Crippen LogP) is 1.71. The smallest absolute Gasteiger partial charge is 0.109 e. The quantitative estimate of drug-likeness (QED) is 0.517. The molecule has 1 aliphatic carbocycles. The SMILES string of the molecule is [B][C@@H]1OC2(CC)CCC1[C@H]2C. The van der Waals surface area contributed by atoms with E-state index in [9.17, 15) is 0 Å². The fourth-order valence-corrected chi connectivity index (χ4v) is 2.83. The number of ether oxygens (including phenoxy) is 1. The number of fused-ring (bicyclic) bond motifs is 2. The van der Waals surface area contributed by atoms with E-state index < -0.39 is 0 Å². The normalized spacial score (nSPS) is 55.3. The van der Waals surface area contributed by atoms with Gasteiger partial charge in [-0.1, -0.05) is 13.8 Å². The Morgan fingerprint density at radius 3 is 2.64 bits per heavy atom. The van der Waals surface area contributed by atoms with Crippen LogP contribution in [-0.2, 0) is 4.74 Å². The fourth-order valence-electron chi connectivity index (χ4n) is 2.83. The summed E-state index contributed by atoms with van der Waals surface area (Å²) in [6.07, 6.45) is 3.62. The molecule has 2 unspecified atom stereocenters. The third-order valence-electron chi connectivity index (χ3n) is 3.76. The van der Waals surface area contributed by atoms with Crippen LogP contribution in [0.25, 0.3) is 0 Å². The zero-order valence-electron chi connectivity index (χ0n) is 7.34. The summed E-state index contributed by atoms with van der Waals surface area (Å²) in [6.45, 7) is 4.49. The molecule has 1 saturated heterocycles. The number of hydrogen-bond acceptors (Lipinski definition) is 1. The summed E-state index contributed by atoms with van der Waals surface area (Å²) in [7, 11) is 5.85. The minimum absolute atomic E-state index is 0.0266. The van der Waals surface area contributed by atoms with Gasteiger partial charge in [0.15, 0.2) is 0 Å². The van der Waals surface area contributed by atoms with Gasteiger partial charge in [-0.05, 0) is 31.1 Å². The van der Waals surface area contributed by atoms with Gasteiger partial charge in [0.05, 0.1) is 5.60 Å². The van der Waals surface area contributed by atoms with E-state index in [1.54, 1.807) is 0 Å².